The van der Waals surface area contributed by atoms with E-state index in [1.165, 1.54) is 6.07 Å². The van der Waals surface area contributed by atoms with Gasteiger partial charge in [0.2, 0.25) is 0 Å². The molecule has 1 heterocycles. The quantitative estimate of drug-likeness (QED) is 0.471. The molecule has 1 aromatic heterocycles. The Morgan fingerprint density at radius 1 is 1.32 bits per heavy atom. The zero-order valence-corrected chi connectivity index (χ0v) is 15.3. The Kier molecular flexibility index (Phi) is 5.76. The molecule has 0 amide bonds. The van der Waals surface area contributed by atoms with Crippen LogP contribution in [-0.2, 0) is 6.42 Å². The van der Waals surface area contributed by atoms with Crippen molar-refractivity contribution in [2.75, 3.05) is 13.6 Å². The molecule has 0 aliphatic heterocycles. The van der Waals surface area contributed by atoms with Crippen molar-refractivity contribution in [3.8, 4) is 0 Å². The van der Waals surface area contributed by atoms with Gasteiger partial charge < -0.3 is 10.6 Å². The van der Waals surface area contributed by atoms with Crippen molar-refractivity contribution in [1.29, 1.82) is 0 Å². The molecule has 2 atom stereocenters. The topological polar surface area (TPSA) is 49.3 Å². The number of rotatable bonds is 5. The van der Waals surface area contributed by atoms with E-state index in [9.17, 15) is 4.39 Å². The maximum absolute atomic E-state index is 14.0. The van der Waals surface area contributed by atoms with Gasteiger partial charge in [0.05, 0.1) is 0 Å². The molecule has 1 aromatic carbocycles. The Morgan fingerprint density at radius 3 is 2.84 bits per heavy atom. The summed E-state index contributed by atoms with van der Waals surface area (Å²) in [4.78, 5) is 8.28. The fourth-order valence-electron chi connectivity index (χ4n) is 2.79. The van der Waals surface area contributed by atoms with Gasteiger partial charge in [-0.05, 0) is 36.6 Å². The van der Waals surface area contributed by atoms with Gasteiger partial charge in [-0.2, -0.15) is 0 Å². The molecular formula is C18H19Cl2FN4. The van der Waals surface area contributed by atoms with E-state index >= 15 is 0 Å². The van der Waals surface area contributed by atoms with E-state index in [0.717, 1.165) is 18.4 Å². The maximum atomic E-state index is 14.0. The third-order valence-corrected chi connectivity index (χ3v) is 4.75. The van der Waals surface area contributed by atoms with E-state index in [2.05, 4.69) is 20.6 Å². The second-order valence-electron chi connectivity index (χ2n) is 5.97. The van der Waals surface area contributed by atoms with E-state index in [1.807, 2.05) is 6.07 Å². The zero-order chi connectivity index (χ0) is 17.8. The predicted octanol–water partition coefficient (Wildman–Crippen LogP) is 3.79. The molecule has 2 aromatic rings. The Labute approximate surface area is 156 Å². The first kappa shape index (κ1) is 18.0. The third-order valence-electron chi connectivity index (χ3n) is 4.20. The summed E-state index contributed by atoms with van der Waals surface area (Å²) >= 11 is 11.9. The normalized spacial score (nSPS) is 19.6. The average Bonchev–Trinajstić information content (AvgIpc) is 3.34. The monoisotopic (exact) mass is 380 g/mol. The first-order valence-electron chi connectivity index (χ1n) is 8.10. The summed E-state index contributed by atoms with van der Waals surface area (Å²) in [5.74, 6) is 0.523. The van der Waals surface area contributed by atoms with Gasteiger partial charge in [0.1, 0.15) is 11.0 Å². The lowest BCUT2D eigenvalue weighted by Crippen LogP contribution is -2.40. The number of aromatic nitrogens is 1. The molecular weight excluding hydrogens is 362 g/mol. The van der Waals surface area contributed by atoms with Gasteiger partial charge in [0.25, 0.3) is 0 Å². The van der Waals surface area contributed by atoms with Crippen molar-refractivity contribution in [3.05, 3.63) is 63.6 Å². The molecule has 25 heavy (non-hydrogen) atoms. The number of nitrogens with one attached hydrogen (secondary N) is 2. The van der Waals surface area contributed by atoms with Crippen molar-refractivity contribution in [3.63, 3.8) is 0 Å². The smallest absolute Gasteiger partial charge is 0.191 e. The molecule has 132 valence electrons. The zero-order valence-electron chi connectivity index (χ0n) is 13.8. The fourth-order valence-corrected chi connectivity index (χ4v) is 3.20. The maximum Gasteiger partial charge on any atom is 0.191 e. The van der Waals surface area contributed by atoms with Crippen LogP contribution in [0.4, 0.5) is 4.39 Å². The van der Waals surface area contributed by atoms with Crippen LogP contribution in [0.15, 0.2) is 41.5 Å². The summed E-state index contributed by atoms with van der Waals surface area (Å²) in [5, 5.41) is 7.54. The van der Waals surface area contributed by atoms with Gasteiger partial charge in [-0.1, -0.05) is 35.3 Å². The number of pyridine rings is 1. The molecule has 1 fully saturated rings. The molecule has 0 spiro atoms. The van der Waals surface area contributed by atoms with E-state index in [0.29, 0.717) is 28.2 Å². The van der Waals surface area contributed by atoms with Gasteiger partial charge >= 0.3 is 0 Å². The van der Waals surface area contributed by atoms with Crippen LogP contribution in [0, 0.1) is 5.82 Å². The van der Waals surface area contributed by atoms with Gasteiger partial charge in [-0.25, -0.2) is 9.37 Å². The second-order valence-corrected chi connectivity index (χ2v) is 6.76. The van der Waals surface area contributed by atoms with Gasteiger partial charge in [-0.3, -0.25) is 4.99 Å². The molecule has 3 rings (SSSR count). The number of halogens is 3. The average molecular weight is 381 g/mol. The van der Waals surface area contributed by atoms with E-state index in [-0.39, 0.29) is 17.8 Å². The molecule has 0 bridgehead atoms. The van der Waals surface area contributed by atoms with Crippen LogP contribution < -0.4 is 10.6 Å². The van der Waals surface area contributed by atoms with Crippen molar-refractivity contribution >= 4 is 29.2 Å². The van der Waals surface area contributed by atoms with Crippen LogP contribution in [-0.4, -0.2) is 30.6 Å². The number of guanidine groups is 1. The predicted molar refractivity (Wildman–Crippen MR) is 100 cm³/mol. The van der Waals surface area contributed by atoms with E-state index in [4.69, 9.17) is 23.2 Å². The number of aliphatic imine (C=N–C) groups is 1. The summed E-state index contributed by atoms with van der Waals surface area (Å²) in [6.07, 6.45) is 3.40. The highest BCUT2D eigenvalue weighted by Crippen LogP contribution is 2.44. The summed E-state index contributed by atoms with van der Waals surface area (Å²) < 4.78 is 14.0. The Hall–Kier alpha value is -1.85. The first-order valence-corrected chi connectivity index (χ1v) is 8.85. The number of hydrogen-bond acceptors (Lipinski definition) is 2. The molecule has 1 saturated carbocycles. The SMILES string of the molecule is CN=C(NCCc1ccc(Cl)nc1)NC1CC1c1c(F)cccc1Cl. The largest absolute Gasteiger partial charge is 0.356 e. The second kappa shape index (κ2) is 8.02. The van der Waals surface area contributed by atoms with E-state index in [1.54, 1.807) is 31.4 Å². The van der Waals surface area contributed by atoms with E-state index < -0.39 is 0 Å². The molecule has 7 heteroatoms. The molecule has 4 nitrogen and oxygen atoms in total. The highest BCUT2D eigenvalue weighted by molar-refractivity contribution is 6.31. The van der Waals surface area contributed by atoms with Crippen molar-refractivity contribution in [2.24, 2.45) is 4.99 Å². The van der Waals surface area contributed by atoms with Crippen molar-refractivity contribution in [1.82, 2.24) is 15.6 Å². The minimum Gasteiger partial charge on any atom is -0.356 e. The standard InChI is InChI=1S/C18H19Cl2FN4/c1-22-18(23-8-7-11-5-6-16(20)24-10-11)25-15-9-12(15)17-13(19)3-2-4-14(17)21/h2-6,10,12,15H,7-9H2,1H3,(H2,22,23,25). The Morgan fingerprint density at radius 2 is 2.16 bits per heavy atom. The van der Waals surface area contributed by atoms with Crippen LogP contribution in [0.2, 0.25) is 10.2 Å². The molecule has 1 aliphatic carbocycles. The van der Waals surface area contributed by atoms with Crippen LogP contribution in [0.25, 0.3) is 0 Å². The summed E-state index contributed by atoms with van der Waals surface area (Å²) in [6.45, 7) is 0.709. The van der Waals surface area contributed by atoms with Crippen LogP contribution >= 0.6 is 23.2 Å². The van der Waals surface area contributed by atoms with Crippen molar-refractivity contribution in [2.45, 2.75) is 24.8 Å². The summed E-state index contributed by atoms with van der Waals surface area (Å²) in [6, 6.07) is 8.66. The lowest BCUT2D eigenvalue weighted by atomic mass is 10.1. The highest BCUT2D eigenvalue weighted by Gasteiger charge is 2.41. The van der Waals surface area contributed by atoms with Gasteiger partial charge in [-0.15, -0.1) is 0 Å². The van der Waals surface area contributed by atoms with Gasteiger partial charge in [0.15, 0.2) is 5.96 Å². The molecule has 0 radical (unpaired) electrons. The van der Waals surface area contributed by atoms with Crippen LogP contribution in [0.5, 0.6) is 0 Å². The molecule has 0 saturated heterocycles. The Bertz CT molecular complexity index is 744. The minimum absolute atomic E-state index is 0.0766. The lowest BCUT2D eigenvalue weighted by Gasteiger charge is -2.12. The molecule has 2 N–H and O–H groups in total. The lowest BCUT2D eigenvalue weighted by molar-refractivity contribution is 0.608. The van der Waals surface area contributed by atoms with Crippen LogP contribution in [0.3, 0.4) is 0 Å². The summed E-state index contributed by atoms with van der Waals surface area (Å²) in [7, 11) is 1.71. The first-order chi connectivity index (χ1) is 12.1. The number of hydrogen-bond donors (Lipinski definition) is 2. The molecule has 2 unspecified atom stereocenters. The highest BCUT2D eigenvalue weighted by atomic mass is 35.5. The minimum atomic E-state index is -0.250. The fraction of sp³-hybridized carbons (Fsp3) is 0.333. The number of benzene rings is 1. The van der Waals surface area contributed by atoms with Gasteiger partial charge in [0, 0.05) is 42.3 Å². The Balaban J connectivity index is 1.50. The summed E-state index contributed by atoms with van der Waals surface area (Å²) in [5.41, 5.74) is 1.68. The number of nitrogens with zero attached hydrogens (tertiary/aromatic N) is 2. The molecule has 1 aliphatic rings. The van der Waals surface area contributed by atoms with Crippen LogP contribution in [0.1, 0.15) is 23.5 Å². The van der Waals surface area contributed by atoms with Crippen molar-refractivity contribution < 1.29 is 4.39 Å². The third kappa shape index (κ3) is 4.61.